The normalized spacial score (nSPS) is 28.0. The first-order chi connectivity index (χ1) is 14.7. The van der Waals surface area contributed by atoms with Gasteiger partial charge in [-0.05, 0) is 66.2 Å². The number of rotatable bonds is 8. The first-order valence-electron chi connectivity index (χ1n) is 11.9. The molecule has 8 heteroatoms. The molecule has 1 N–H and O–H groups in total. The van der Waals surface area contributed by atoms with Gasteiger partial charge in [0.2, 0.25) is 0 Å². The maximum Gasteiger partial charge on any atom is 0.371 e. The van der Waals surface area contributed by atoms with Crippen LogP contribution in [0.5, 0.6) is 0 Å². The predicted molar refractivity (Wildman–Crippen MR) is 115 cm³/mol. The molecule has 0 bridgehead atoms. The third-order valence-corrected chi connectivity index (χ3v) is 6.47. The van der Waals surface area contributed by atoms with Crippen LogP contribution in [0.3, 0.4) is 0 Å². The molecule has 31 heavy (non-hydrogen) atoms. The second-order valence-corrected chi connectivity index (χ2v) is 10.1. The van der Waals surface area contributed by atoms with Crippen LogP contribution >= 0.6 is 0 Å². The largest absolute Gasteiger partial charge is 0.466 e. The molecule has 0 aromatic carbocycles. The molecule has 1 atom stereocenters. The number of ether oxygens (including phenoxy) is 3. The Bertz CT molecular complexity index is 616. The second-order valence-electron chi connectivity index (χ2n) is 10.1. The number of esters is 2. The molecule has 178 valence electrons. The molecule has 0 amide bonds. The van der Waals surface area contributed by atoms with E-state index < -0.39 is 11.4 Å². The van der Waals surface area contributed by atoms with Gasteiger partial charge in [-0.15, -0.1) is 0 Å². The van der Waals surface area contributed by atoms with Crippen LogP contribution in [0.1, 0.15) is 66.2 Å². The lowest BCUT2D eigenvalue weighted by Gasteiger charge is -2.54. The summed E-state index contributed by atoms with van der Waals surface area (Å²) in [6.45, 7) is 10.7. The fourth-order valence-corrected chi connectivity index (χ4v) is 4.86. The molecular weight excluding hydrogens is 400 g/mol. The van der Waals surface area contributed by atoms with Crippen molar-refractivity contribution in [3.63, 3.8) is 0 Å². The van der Waals surface area contributed by atoms with E-state index in [1.165, 1.54) is 0 Å². The zero-order valence-electron chi connectivity index (χ0n) is 19.6. The number of hydrogen-bond donors (Lipinski definition) is 1. The topological polar surface area (TPSA) is 88.5 Å². The summed E-state index contributed by atoms with van der Waals surface area (Å²) in [6, 6.07) is 0. The second kappa shape index (κ2) is 10.1. The highest BCUT2D eigenvalue weighted by Crippen LogP contribution is 2.39. The fourth-order valence-electron chi connectivity index (χ4n) is 4.86. The van der Waals surface area contributed by atoms with E-state index in [0.29, 0.717) is 45.4 Å². The molecule has 8 nitrogen and oxygen atoms in total. The number of carbonyl (C=O) groups is 2. The van der Waals surface area contributed by atoms with E-state index in [1.807, 2.05) is 32.6 Å². The Balaban J connectivity index is 1.79. The van der Waals surface area contributed by atoms with Gasteiger partial charge in [0.1, 0.15) is 5.60 Å². The minimum Gasteiger partial charge on any atom is -0.466 e. The van der Waals surface area contributed by atoms with E-state index in [4.69, 9.17) is 14.2 Å². The molecule has 0 radical (unpaired) electrons. The fraction of sp³-hybridized carbons (Fsp3) is 0.913. The summed E-state index contributed by atoms with van der Waals surface area (Å²) >= 11 is 0. The van der Waals surface area contributed by atoms with Gasteiger partial charge in [-0.25, -0.2) is 4.79 Å². The summed E-state index contributed by atoms with van der Waals surface area (Å²) in [6.07, 6.45) is 4.71. The number of likely N-dealkylation sites (tertiary alicyclic amines) is 2. The standard InChI is InChI=1S/C23H40N2O6/c1-5-29-20(27)18-8-10-19(11-9-18)30-23(24-12-6-7-13-24,21(28)31-22(2,3)4)25-14-17(15-25)16-26/h17-19,26H,5-16H2,1-4H3. The minimum absolute atomic E-state index is 0.0923. The summed E-state index contributed by atoms with van der Waals surface area (Å²) in [5.74, 6) is -1.72. The molecule has 1 unspecified atom stereocenters. The molecule has 2 aliphatic heterocycles. The average molecular weight is 441 g/mol. The van der Waals surface area contributed by atoms with Crippen LogP contribution in [0.4, 0.5) is 0 Å². The van der Waals surface area contributed by atoms with Gasteiger partial charge in [-0.2, -0.15) is 0 Å². The number of aliphatic hydroxyl groups is 1. The smallest absolute Gasteiger partial charge is 0.371 e. The Kier molecular flexibility index (Phi) is 8.00. The Morgan fingerprint density at radius 1 is 1.00 bits per heavy atom. The Hall–Kier alpha value is -1.22. The summed E-state index contributed by atoms with van der Waals surface area (Å²) in [7, 11) is 0. The van der Waals surface area contributed by atoms with E-state index in [-0.39, 0.29) is 36.5 Å². The molecule has 0 aromatic rings. The monoisotopic (exact) mass is 440 g/mol. The van der Waals surface area contributed by atoms with E-state index >= 15 is 0 Å². The van der Waals surface area contributed by atoms with Crippen molar-refractivity contribution >= 4 is 11.9 Å². The maximum absolute atomic E-state index is 13.7. The van der Waals surface area contributed by atoms with Crippen molar-refractivity contribution in [1.29, 1.82) is 0 Å². The molecular formula is C23H40N2O6. The zero-order valence-corrected chi connectivity index (χ0v) is 19.6. The van der Waals surface area contributed by atoms with Gasteiger partial charge in [0, 0.05) is 38.7 Å². The van der Waals surface area contributed by atoms with Gasteiger partial charge in [-0.3, -0.25) is 14.6 Å². The van der Waals surface area contributed by atoms with Crippen LogP contribution in [-0.4, -0.2) is 83.8 Å². The van der Waals surface area contributed by atoms with Gasteiger partial charge in [0.15, 0.2) is 0 Å². The molecule has 1 saturated carbocycles. The molecule has 0 spiro atoms. The van der Waals surface area contributed by atoms with Gasteiger partial charge in [-0.1, -0.05) is 0 Å². The molecule has 2 saturated heterocycles. The zero-order chi connectivity index (χ0) is 22.6. The Morgan fingerprint density at radius 3 is 2.13 bits per heavy atom. The molecule has 3 aliphatic rings. The van der Waals surface area contributed by atoms with Crippen LogP contribution in [-0.2, 0) is 23.8 Å². The Labute approximate surface area is 186 Å². The van der Waals surface area contributed by atoms with Crippen molar-refractivity contribution in [2.75, 3.05) is 39.4 Å². The third kappa shape index (κ3) is 5.59. The van der Waals surface area contributed by atoms with Gasteiger partial charge in [0.25, 0.3) is 5.85 Å². The van der Waals surface area contributed by atoms with Gasteiger partial charge in [0.05, 0.1) is 18.6 Å². The maximum atomic E-state index is 13.7. The first kappa shape index (κ1) is 24.4. The number of hydrogen-bond acceptors (Lipinski definition) is 8. The van der Waals surface area contributed by atoms with Gasteiger partial charge >= 0.3 is 11.9 Å². The minimum atomic E-state index is -1.27. The molecule has 1 aliphatic carbocycles. The van der Waals surface area contributed by atoms with Crippen molar-refractivity contribution in [3.8, 4) is 0 Å². The SMILES string of the molecule is CCOC(=O)C1CCC(OC(C(=O)OC(C)(C)C)(N2CCCC2)N2CC(CO)C2)CC1. The lowest BCUT2D eigenvalue weighted by atomic mass is 9.87. The third-order valence-electron chi connectivity index (χ3n) is 6.47. The molecule has 2 heterocycles. The van der Waals surface area contributed by atoms with Crippen molar-refractivity contribution < 1.29 is 28.9 Å². The summed E-state index contributed by atoms with van der Waals surface area (Å²) in [5, 5.41) is 9.57. The van der Waals surface area contributed by atoms with E-state index in [2.05, 4.69) is 4.90 Å². The molecule has 3 rings (SSSR count). The van der Waals surface area contributed by atoms with E-state index in [9.17, 15) is 14.7 Å². The van der Waals surface area contributed by atoms with Crippen LogP contribution in [0.25, 0.3) is 0 Å². The van der Waals surface area contributed by atoms with Crippen LogP contribution < -0.4 is 0 Å². The summed E-state index contributed by atoms with van der Waals surface area (Å²) in [5.41, 5.74) is -0.631. The van der Waals surface area contributed by atoms with Crippen molar-refractivity contribution in [2.24, 2.45) is 11.8 Å². The highest BCUT2D eigenvalue weighted by Gasteiger charge is 2.58. The lowest BCUT2D eigenvalue weighted by Crippen LogP contribution is -2.73. The summed E-state index contributed by atoms with van der Waals surface area (Å²) < 4.78 is 17.8. The first-order valence-corrected chi connectivity index (χ1v) is 11.9. The van der Waals surface area contributed by atoms with Crippen molar-refractivity contribution in [1.82, 2.24) is 9.80 Å². The number of carbonyl (C=O) groups excluding carboxylic acids is 2. The highest BCUT2D eigenvalue weighted by molar-refractivity contribution is 5.79. The quantitative estimate of drug-likeness (QED) is 0.575. The van der Waals surface area contributed by atoms with E-state index in [0.717, 1.165) is 25.9 Å². The van der Waals surface area contributed by atoms with Crippen LogP contribution in [0, 0.1) is 11.8 Å². The number of aliphatic hydroxyl groups excluding tert-OH is 1. The van der Waals surface area contributed by atoms with Crippen LogP contribution in [0.2, 0.25) is 0 Å². The summed E-state index contributed by atoms with van der Waals surface area (Å²) in [4.78, 5) is 29.9. The van der Waals surface area contributed by atoms with Crippen LogP contribution in [0.15, 0.2) is 0 Å². The highest BCUT2D eigenvalue weighted by atomic mass is 16.6. The van der Waals surface area contributed by atoms with Crippen molar-refractivity contribution in [2.45, 2.75) is 83.8 Å². The molecule has 0 aromatic heterocycles. The number of nitrogens with zero attached hydrogens (tertiary/aromatic N) is 2. The van der Waals surface area contributed by atoms with Gasteiger partial charge < -0.3 is 19.3 Å². The Morgan fingerprint density at radius 2 is 1.61 bits per heavy atom. The predicted octanol–water partition coefficient (Wildman–Crippen LogP) is 2.14. The molecule has 3 fully saturated rings. The average Bonchev–Trinajstić information content (AvgIpc) is 3.20. The van der Waals surface area contributed by atoms with E-state index in [1.54, 1.807) is 0 Å². The van der Waals surface area contributed by atoms with Crippen molar-refractivity contribution in [3.05, 3.63) is 0 Å². The lowest BCUT2D eigenvalue weighted by molar-refractivity contribution is -0.295.